The van der Waals surface area contributed by atoms with Gasteiger partial charge >= 0.3 is 0 Å². The molecule has 1 unspecified atom stereocenters. The van der Waals surface area contributed by atoms with E-state index < -0.39 is 5.25 Å². The number of ether oxygens (including phenoxy) is 1. The van der Waals surface area contributed by atoms with Crippen LogP contribution in [0.1, 0.15) is 17.7 Å². The third-order valence-corrected chi connectivity index (χ3v) is 4.87. The second-order valence-corrected chi connectivity index (χ2v) is 6.38. The first-order chi connectivity index (χ1) is 11.5. The summed E-state index contributed by atoms with van der Waals surface area (Å²) in [5, 5.41) is 10.7. The van der Waals surface area contributed by atoms with Gasteiger partial charge in [-0.25, -0.2) is 5.01 Å². The SMILES string of the molecule is COc1ccc(O)c(C2Sc3ccccc3N(NC(C)=O)C2=O)c1. The molecule has 0 aromatic heterocycles. The van der Waals surface area contributed by atoms with Gasteiger partial charge < -0.3 is 9.84 Å². The van der Waals surface area contributed by atoms with Gasteiger partial charge in [0.1, 0.15) is 16.7 Å². The van der Waals surface area contributed by atoms with Crippen molar-refractivity contribution < 1.29 is 19.4 Å². The van der Waals surface area contributed by atoms with Gasteiger partial charge in [0.05, 0.1) is 12.8 Å². The summed E-state index contributed by atoms with van der Waals surface area (Å²) in [6.45, 7) is 1.34. The Balaban J connectivity index is 2.08. The van der Waals surface area contributed by atoms with E-state index in [1.807, 2.05) is 12.1 Å². The van der Waals surface area contributed by atoms with Gasteiger partial charge in [0.25, 0.3) is 5.91 Å². The molecule has 1 atom stereocenters. The van der Waals surface area contributed by atoms with Crippen LogP contribution in [0.15, 0.2) is 47.4 Å². The zero-order valence-corrected chi connectivity index (χ0v) is 14.0. The number of anilines is 1. The first kappa shape index (κ1) is 16.2. The number of thioether (sulfide) groups is 1. The Hall–Kier alpha value is -2.67. The van der Waals surface area contributed by atoms with Crippen molar-refractivity contribution in [1.29, 1.82) is 0 Å². The molecule has 0 fully saturated rings. The second-order valence-electron chi connectivity index (χ2n) is 5.23. The van der Waals surface area contributed by atoms with Crippen molar-refractivity contribution in [3.05, 3.63) is 48.0 Å². The number of para-hydroxylation sites is 1. The maximum Gasteiger partial charge on any atom is 0.263 e. The van der Waals surface area contributed by atoms with Gasteiger partial charge in [-0.2, -0.15) is 0 Å². The van der Waals surface area contributed by atoms with E-state index in [1.54, 1.807) is 24.3 Å². The number of phenols is 1. The maximum atomic E-state index is 12.9. The van der Waals surface area contributed by atoms with Crippen LogP contribution in [0, 0.1) is 0 Å². The lowest BCUT2D eigenvalue weighted by molar-refractivity contribution is -0.124. The van der Waals surface area contributed by atoms with Crippen LogP contribution in [0.5, 0.6) is 11.5 Å². The van der Waals surface area contributed by atoms with E-state index in [1.165, 1.54) is 36.9 Å². The molecule has 124 valence electrons. The number of methoxy groups -OCH3 is 1. The van der Waals surface area contributed by atoms with E-state index in [0.717, 1.165) is 4.90 Å². The van der Waals surface area contributed by atoms with E-state index in [9.17, 15) is 14.7 Å². The molecule has 2 amide bonds. The third-order valence-electron chi connectivity index (χ3n) is 3.58. The average molecular weight is 344 g/mol. The Labute approximate surface area is 143 Å². The molecule has 2 aromatic carbocycles. The highest BCUT2D eigenvalue weighted by molar-refractivity contribution is 8.00. The van der Waals surface area contributed by atoms with Crippen LogP contribution in [0.3, 0.4) is 0 Å². The highest BCUT2D eigenvalue weighted by Gasteiger charge is 2.36. The number of amides is 2. The molecule has 3 rings (SSSR count). The number of nitrogens with zero attached hydrogens (tertiary/aromatic N) is 1. The van der Waals surface area contributed by atoms with Crippen LogP contribution in [0.4, 0.5) is 5.69 Å². The van der Waals surface area contributed by atoms with Gasteiger partial charge in [-0.15, -0.1) is 11.8 Å². The molecule has 7 heteroatoms. The number of carbonyl (C=O) groups excluding carboxylic acids is 2. The van der Waals surface area contributed by atoms with Crippen LogP contribution in [-0.2, 0) is 9.59 Å². The van der Waals surface area contributed by atoms with Crippen LogP contribution in [0.25, 0.3) is 0 Å². The van der Waals surface area contributed by atoms with Gasteiger partial charge in [0, 0.05) is 17.4 Å². The first-order valence-corrected chi connectivity index (χ1v) is 8.13. The van der Waals surface area contributed by atoms with Gasteiger partial charge in [-0.05, 0) is 30.3 Å². The summed E-state index contributed by atoms with van der Waals surface area (Å²) in [6, 6.07) is 12.0. The van der Waals surface area contributed by atoms with Gasteiger partial charge in [-0.3, -0.25) is 15.0 Å². The standard InChI is InChI=1S/C17H16N2O4S/c1-10(20)18-19-13-5-3-4-6-15(13)24-16(17(19)22)12-9-11(23-2)7-8-14(12)21/h3-9,16,21H,1-2H3,(H,18,20). The molecule has 24 heavy (non-hydrogen) atoms. The monoisotopic (exact) mass is 344 g/mol. The summed E-state index contributed by atoms with van der Waals surface area (Å²) in [6.07, 6.45) is 0. The second kappa shape index (κ2) is 6.45. The zero-order chi connectivity index (χ0) is 17.3. The number of nitrogens with one attached hydrogen (secondary N) is 1. The van der Waals surface area contributed by atoms with Crippen LogP contribution in [-0.4, -0.2) is 24.0 Å². The number of hydrogen-bond acceptors (Lipinski definition) is 5. The van der Waals surface area contributed by atoms with E-state index in [2.05, 4.69) is 5.43 Å². The summed E-state index contributed by atoms with van der Waals surface area (Å²) in [5.74, 6) is -0.138. The summed E-state index contributed by atoms with van der Waals surface area (Å²) < 4.78 is 5.18. The van der Waals surface area contributed by atoms with Crippen molar-refractivity contribution in [2.24, 2.45) is 0 Å². The van der Waals surface area contributed by atoms with Gasteiger partial charge in [-0.1, -0.05) is 12.1 Å². The van der Waals surface area contributed by atoms with Crippen molar-refractivity contribution in [3.63, 3.8) is 0 Å². The molecule has 1 heterocycles. The summed E-state index contributed by atoms with van der Waals surface area (Å²) in [7, 11) is 1.52. The molecule has 0 saturated heterocycles. The highest BCUT2D eigenvalue weighted by atomic mass is 32.2. The highest BCUT2D eigenvalue weighted by Crippen LogP contribution is 2.48. The minimum Gasteiger partial charge on any atom is -0.508 e. The lowest BCUT2D eigenvalue weighted by Gasteiger charge is -2.33. The number of benzene rings is 2. The molecule has 0 aliphatic carbocycles. The van der Waals surface area contributed by atoms with Crippen LogP contribution < -0.4 is 15.2 Å². The minimum atomic E-state index is -0.693. The fraction of sp³-hybridized carbons (Fsp3) is 0.176. The quantitative estimate of drug-likeness (QED) is 0.895. The Bertz CT molecular complexity index is 809. The molecular weight excluding hydrogens is 328 g/mol. The number of hydrogen-bond donors (Lipinski definition) is 2. The smallest absolute Gasteiger partial charge is 0.263 e. The summed E-state index contributed by atoms with van der Waals surface area (Å²) in [4.78, 5) is 25.2. The Morgan fingerprint density at radius 2 is 2.04 bits per heavy atom. The number of rotatable bonds is 3. The number of carbonyl (C=O) groups is 2. The molecule has 0 radical (unpaired) electrons. The summed E-state index contributed by atoms with van der Waals surface area (Å²) in [5.41, 5.74) is 3.61. The van der Waals surface area contributed by atoms with E-state index in [4.69, 9.17) is 4.74 Å². The number of fused-ring (bicyclic) bond motifs is 1. The molecule has 1 aliphatic rings. The van der Waals surface area contributed by atoms with Crippen molar-refractivity contribution >= 4 is 29.3 Å². The van der Waals surface area contributed by atoms with E-state index in [-0.39, 0.29) is 17.6 Å². The van der Waals surface area contributed by atoms with Crippen molar-refractivity contribution in [2.75, 3.05) is 12.1 Å². The first-order valence-electron chi connectivity index (χ1n) is 7.25. The molecular formula is C17H16N2O4S. The molecule has 2 N–H and O–H groups in total. The Kier molecular flexibility index (Phi) is 4.35. The third kappa shape index (κ3) is 2.90. The molecule has 6 nitrogen and oxygen atoms in total. The van der Waals surface area contributed by atoms with E-state index in [0.29, 0.717) is 17.0 Å². The van der Waals surface area contributed by atoms with Gasteiger partial charge in [0.2, 0.25) is 5.91 Å². The predicted molar refractivity (Wildman–Crippen MR) is 91.0 cm³/mol. The number of aromatic hydroxyl groups is 1. The molecule has 0 bridgehead atoms. The van der Waals surface area contributed by atoms with Gasteiger partial charge in [0.15, 0.2) is 0 Å². The maximum absolute atomic E-state index is 12.9. The summed E-state index contributed by atoms with van der Waals surface area (Å²) >= 11 is 1.32. The largest absolute Gasteiger partial charge is 0.508 e. The molecule has 2 aromatic rings. The van der Waals surface area contributed by atoms with E-state index >= 15 is 0 Å². The number of hydrazine groups is 1. The lowest BCUT2D eigenvalue weighted by atomic mass is 10.1. The minimum absolute atomic E-state index is 0.00352. The number of phenolic OH excluding ortho intramolecular Hbond substituents is 1. The van der Waals surface area contributed by atoms with Crippen LogP contribution >= 0.6 is 11.8 Å². The van der Waals surface area contributed by atoms with Crippen molar-refractivity contribution in [1.82, 2.24) is 5.43 Å². The Morgan fingerprint density at radius 1 is 1.29 bits per heavy atom. The lowest BCUT2D eigenvalue weighted by Crippen LogP contribution is -2.49. The zero-order valence-electron chi connectivity index (χ0n) is 13.1. The topological polar surface area (TPSA) is 78.9 Å². The molecule has 1 aliphatic heterocycles. The molecule has 0 spiro atoms. The fourth-order valence-corrected chi connectivity index (χ4v) is 3.71. The van der Waals surface area contributed by atoms with Crippen molar-refractivity contribution in [3.8, 4) is 11.5 Å². The normalized spacial score (nSPS) is 16.5. The fourth-order valence-electron chi connectivity index (χ4n) is 2.49. The van der Waals surface area contributed by atoms with Crippen LogP contribution in [0.2, 0.25) is 0 Å². The molecule has 0 saturated carbocycles. The Morgan fingerprint density at radius 3 is 2.75 bits per heavy atom. The van der Waals surface area contributed by atoms with Crippen molar-refractivity contribution in [2.45, 2.75) is 17.1 Å². The average Bonchev–Trinajstić information content (AvgIpc) is 2.57. The predicted octanol–water partition coefficient (Wildman–Crippen LogP) is 2.63.